The molecular weight excluding hydrogens is 247 g/mol. The lowest BCUT2D eigenvalue weighted by Gasteiger charge is -2.31. The van der Waals surface area contributed by atoms with E-state index in [0.717, 1.165) is 5.56 Å². The second-order valence-electron chi connectivity index (χ2n) is 5.75. The molecule has 1 aliphatic heterocycles. The molecule has 0 bridgehead atoms. The quantitative estimate of drug-likeness (QED) is 0.734. The second kappa shape index (κ2) is 4.72. The highest BCUT2D eigenvalue weighted by Crippen LogP contribution is 2.27. The summed E-state index contributed by atoms with van der Waals surface area (Å²) in [6.07, 6.45) is 0.137. The van der Waals surface area contributed by atoms with Gasteiger partial charge in [0, 0.05) is 17.8 Å². The first-order valence-electron chi connectivity index (χ1n) is 6.31. The maximum atomic E-state index is 13.8. The number of nitrogens with two attached hydrogens (primary N) is 1. The normalized spacial score (nSPS) is 15.1. The number of rotatable bonds is 0. The Morgan fingerprint density at radius 3 is 2.68 bits per heavy atom. The fraction of sp³-hybridized carbons (Fsp3) is 0.500. The van der Waals surface area contributed by atoms with E-state index in [4.69, 9.17) is 10.5 Å². The molecule has 0 radical (unpaired) electrons. The van der Waals surface area contributed by atoms with Crippen LogP contribution in [0.1, 0.15) is 31.9 Å². The summed E-state index contributed by atoms with van der Waals surface area (Å²) in [5.74, 6) is -0.322. The van der Waals surface area contributed by atoms with Crippen molar-refractivity contribution < 1.29 is 13.9 Å². The smallest absolute Gasteiger partial charge is 0.410 e. The zero-order chi connectivity index (χ0) is 14.2. The summed E-state index contributed by atoms with van der Waals surface area (Å²) in [4.78, 5) is 13.5. The van der Waals surface area contributed by atoms with Crippen molar-refractivity contribution in [2.75, 3.05) is 12.3 Å². The molecule has 0 saturated carbocycles. The highest BCUT2D eigenvalue weighted by Gasteiger charge is 2.27. The molecular formula is C14H19FN2O2. The number of nitrogen functional groups attached to an aromatic ring is 1. The lowest BCUT2D eigenvalue weighted by atomic mass is 9.97. The van der Waals surface area contributed by atoms with Crippen molar-refractivity contribution in [3.8, 4) is 0 Å². The van der Waals surface area contributed by atoms with E-state index >= 15 is 0 Å². The third-order valence-corrected chi connectivity index (χ3v) is 3.04. The molecule has 0 aliphatic carbocycles. The molecule has 0 aromatic heterocycles. The molecule has 2 rings (SSSR count). The summed E-state index contributed by atoms with van der Waals surface area (Å²) in [5, 5.41) is 0. The van der Waals surface area contributed by atoms with Gasteiger partial charge in [-0.15, -0.1) is 0 Å². The number of anilines is 1. The van der Waals surface area contributed by atoms with Crippen LogP contribution in [0.2, 0.25) is 0 Å². The van der Waals surface area contributed by atoms with E-state index in [-0.39, 0.29) is 12.4 Å². The fourth-order valence-corrected chi connectivity index (χ4v) is 2.15. The van der Waals surface area contributed by atoms with Gasteiger partial charge in [0.25, 0.3) is 0 Å². The number of hydrogen-bond acceptors (Lipinski definition) is 3. The van der Waals surface area contributed by atoms with Gasteiger partial charge in [0.1, 0.15) is 11.4 Å². The van der Waals surface area contributed by atoms with Crippen molar-refractivity contribution in [3.63, 3.8) is 0 Å². The van der Waals surface area contributed by atoms with E-state index in [1.54, 1.807) is 26.8 Å². The number of halogens is 1. The standard InChI is InChI=1S/C14H19FN2O2/c1-14(2,3)19-13(18)17-7-6-9-10(8-17)11(15)4-5-12(9)16/h4-5H,6-8,16H2,1-3H3. The monoisotopic (exact) mass is 266 g/mol. The number of hydrogen-bond donors (Lipinski definition) is 1. The number of amides is 1. The molecule has 1 aliphatic rings. The molecule has 5 heteroatoms. The van der Waals surface area contributed by atoms with Crippen LogP contribution >= 0.6 is 0 Å². The molecule has 0 atom stereocenters. The highest BCUT2D eigenvalue weighted by molar-refractivity contribution is 5.69. The Morgan fingerprint density at radius 2 is 2.05 bits per heavy atom. The fourth-order valence-electron chi connectivity index (χ4n) is 2.15. The Morgan fingerprint density at radius 1 is 1.37 bits per heavy atom. The molecule has 1 amide bonds. The molecule has 19 heavy (non-hydrogen) atoms. The van der Waals surface area contributed by atoms with E-state index < -0.39 is 11.7 Å². The highest BCUT2D eigenvalue weighted by atomic mass is 19.1. The van der Waals surface area contributed by atoms with E-state index in [1.165, 1.54) is 11.0 Å². The largest absolute Gasteiger partial charge is 0.444 e. The predicted octanol–water partition coefficient (Wildman–Crippen LogP) is 2.70. The van der Waals surface area contributed by atoms with Gasteiger partial charge in [-0.3, -0.25) is 0 Å². The molecule has 1 aromatic rings. The Labute approximate surface area is 112 Å². The van der Waals surface area contributed by atoms with E-state index in [1.807, 2.05) is 0 Å². The van der Waals surface area contributed by atoms with Gasteiger partial charge in [-0.1, -0.05) is 0 Å². The minimum Gasteiger partial charge on any atom is -0.444 e. The van der Waals surface area contributed by atoms with E-state index in [0.29, 0.717) is 24.2 Å². The first-order valence-corrected chi connectivity index (χ1v) is 6.31. The number of ether oxygens (including phenoxy) is 1. The minimum absolute atomic E-state index is 0.209. The average molecular weight is 266 g/mol. The zero-order valence-corrected chi connectivity index (χ0v) is 11.5. The Bertz CT molecular complexity index is 509. The SMILES string of the molecule is CC(C)(C)OC(=O)N1CCc2c(N)ccc(F)c2C1. The number of carbonyl (C=O) groups is 1. The summed E-state index contributed by atoms with van der Waals surface area (Å²) < 4.78 is 19.1. The van der Waals surface area contributed by atoms with Gasteiger partial charge in [-0.05, 0) is 44.9 Å². The zero-order valence-electron chi connectivity index (χ0n) is 11.5. The molecule has 0 spiro atoms. The van der Waals surface area contributed by atoms with E-state index in [2.05, 4.69) is 0 Å². The lowest BCUT2D eigenvalue weighted by Crippen LogP contribution is -2.40. The summed E-state index contributed by atoms with van der Waals surface area (Å²) in [7, 11) is 0. The second-order valence-corrected chi connectivity index (χ2v) is 5.75. The lowest BCUT2D eigenvalue weighted by molar-refractivity contribution is 0.0222. The third kappa shape index (κ3) is 2.97. The first kappa shape index (κ1) is 13.6. The van der Waals surface area contributed by atoms with Crippen molar-refractivity contribution in [1.82, 2.24) is 4.90 Å². The van der Waals surface area contributed by atoms with Gasteiger partial charge in [0.2, 0.25) is 0 Å². The maximum Gasteiger partial charge on any atom is 0.410 e. The Balaban J connectivity index is 2.18. The molecule has 2 N–H and O–H groups in total. The molecule has 1 heterocycles. The number of fused-ring (bicyclic) bond motifs is 1. The van der Waals surface area contributed by atoms with Crippen molar-refractivity contribution in [2.45, 2.75) is 39.3 Å². The Hall–Kier alpha value is -1.78. The van der Waals surface area contributed by atoms with Crippen LogP contribution < -0.4 is 5.73 Å². The summed E-state index contributed by atoms with van der Waals surface area (Å²) in [6, 6.07) is 2.91. The van der Waals surface area contributed by atoms with Crippen LogP contribution in [0.3, 0.4) is 0 Å². The van der Waals surface area contributed by atoms with Gasteiger partial charge in [-0.25, -0.2) is 9.18 Å². The van der Waals surface area contributed by atoms with Crippen LogP contribution in [0.4, 0.5) is 14.9 Å². The van der Waals surface area contributed by atoms with Crippen LogP contribution in [-0.4, -0.2) is 23.1 Å². The van der Waals surface area contributed by atoms with E-state index in [9.17, 15) is 9.18 Å². The molecule has 0 fully saturated rings. The third-order valence-electron chi connectivity index (χ3n) is 3.04. The Kier molecular flexibility index (Phi) is 3.39. The first-order chi connectivity index (χ1) is 8.78. The summed E-state index contributed by atoms with van der Waals surface area (Å²) in [5.41, 5.74) is 7.17. The molecule has 0 saturated heterocycles. The van der Waals surface area contributed by atoms with Gasteiger partial charge in [0.15, 0.2) is 0 Å². The summed E-state index contributed by atoms with van der Waals surface area (Å²) in [6.45, 7) is 6.13. The number of carbonyl (C=O) groups excluding carboxylic acids is 1. The van der Waals surface area contributed by atoms with Crippen LogP contribution in [0.15, 0.2) is 12.1 Å². The van der Waals surface area contributed by atoms with Crippen molar-refractivity contribution >= 4 is 11.8 Å². The summed E-state index contributed by atoms with van der Waals surface area (Å²) >= 11 is 0. The van der Waals surface area contributed by atoms with Crippen molar-refractivity contribution in [3.05, 3.63) is 29.1 Å². The minimum atomic E-state index is -0.550. The van der Waals surface area contributed by atoms with Crippen LogP contribution in [0.25, 0.3) is 0 Å². The van der Waals surface area contributed by atoms with Gasteiger partial charge in [0.05, 0.1) is 6.54 Å². The number of benzene rings is 1. The van der Waals surface area contributed by atoms with Gasteiger partial charge in [-0.2, -0.15) is 0 Å². The van der Waals surface area contributed by atoms with Crippen LogP contribution in [-0.2, 0) is 17.7 Å². The topological polar surface area (TPSA) is 55.6 Å². The van der Waals surface area contributed by atoms with Crippen molar-refractivity contribution in [2.24, 2.45) is 0 Å². The number of nitrogens with zero attached hydrogens (tertiary/aromatic N) is 1. The van der Waals surface area contributed by atoms with Crippen molar-refractivity contribution in [1.29, 1.82) is 0 Å². The molecule has 104 valence electrons. The van der Waals surface area contributed by atoms with Gasteiger partial charge >= 0.3 is 6.09 Å². The van der Waals surface area contributed by atoms with Crippen LogP contribution in [0, 0.1) is 5.82 Å². The molecule has 0 unspecified atom stereocenters. The average Bonchev–Trinajstić information content (AvgIpc) is 2.31. The van der Waals surface area contributed by atoms with Gasteiger partial charge < -0.3 is 15.4 Å². The van der Waals surface area contributed by atoms with Crippen LogP contribution in [0.5, 0.6) is 0 Å². The molecule has 4 nitrogen and oxygen atoms in total. The predicted molar refractivity (Wildman–Crippen MR) is 71.2 cm³/mol. The molecule has 1 aromatic carbocycles. The maximum absolute atomic E-state index is 13.8.